The highest BCUT2D eigenvalue weighted by Crippen LogP contribution is 2.14. The molecule has 1 heterocycles. The first-order chi connectivity index (χ1) is 11.1. The third-order valence-electron chi connectivity index (χ3n) is 4.03. The molecule has 0 aliphatic carbocycles. The molecule has 132 valence electrons. The Labute approximate surface area is 163 Å². The Morgan fingerprint density at radius 2 is 1.92 bits per heavy atom. The van der Waals surface area contributed by atoms with Gasteiger partial charge in [0, 0.05) is 45.0 Å². The Morgan fingerprint density at radius 3 is 2.50 bits per heavy atom. The van der Waals surface area contributed by atoms with Gasteiger partial charge in [-0.2, -0.15) is 0 Å². The van der Waals surface area contributed by atoms with Crippen molar-refractivity contribution in [1.29, 1.82) is 0 Å². The molecule has 5 heteroatoms. The molecule has 0 saturated carbocycles. The highest BCUT2D eigenvalue weighted by atomic mass is 127. The van der Waals surface area contributed by atoms with Crippen molar-refractivity contribution >= 4 is 29.9 Å². The van der Waals surface area contributed by atoms with Crippen molar-refractivity contribution in [2.24, 2.45) is 12.0 Å². The fraction of sp³-hybridized carbons (Fsp3) is 0.421. The number of nitrogens with one attached hydrogen (secondary N) is 1. The number of hydrogen-bond acceptors (Lipinski definition) is 1. The molecule has 0 bridgehead atoms. The number of aryl methyl sites for hydroxylation is 1. The average Bonchev–Trinajstić information content (AvgIpc) is 2.96. The van der Waals surface area contributed by atoms with Crippen molar-refractivity contribution in [2.45, 2.75) is 26.3 Å². The lowest BCUT2D eigenvalue weighted by Crippen LogP contribution is -2.39. The normalized spacial score (nSPS) is 12.4. The lowest BCUT2D eigenvalue weighted by atomic mass is 10.0. The zero-order valence-corrected chi connectivity index (χ0v) is 17.4. The molecule has 4 nitrogen and oxygen atoms in total. The number of benzene rings is 1. The largest absolute Gasteiger partial charge is 0.357 e. The molecule has 1 atom stereocenters. The van der Waals surface area contributed by atoms with Gasteiger partial charge in [0.05, 0.1) is 6.54 Å². The first-order valence-electron chi connectivity index (χ1n) is 8.26. The fourth-order valence-corrected chi connectivity index (χ4v) is 2.56. The predicted molar refractivity (Wildman–Crippen MR) is 113 cm³/mol. The van der Waals surface area contributed by atoms with Crippen molar-refractivity contribution < 1.29 is 0 Å². The maximum Gasteiger partial charge on any atom is 0.194 e. The second-order valence-corrected chi connectivity index (χ2v) is 5.97. The van der Waals surface area contributed by atoms with Crippen LogP contribution in [0.4, 0.5) is 0 Å². The second-order valence-electron chi connectivity index (χ2n) is 5.97. The van der Waals surface area contributed by atoms with Gasteiger partial charge in [0.1, 0.15) is 0 Å². The molecule has 0 spiro atoms. The van der Waals surface area contributed by atoms with E-state index in [1.165, 1.54) is 11.3 Å². The van der Waals surface area contributed by atoms with E-state index >= 15 is 0 Å². The number of aliphatic imine (C=N–C) groups is 1. The van der Waals surface area contributed by atoms with E-state index < -0.39 is 0 Å². The molecule has 24 heavy (non-hydrogen) atoms. The number of guanidine groups is 1. The van der Waals surface area contributed by atoms with E-state index in [0.717, 1.165) is 25.6 Å². The van der Waals surface area contributed by atoms with E-state index in [2.05, 4.69) is 91.4 Å². The number of rotatable bonds is 6. The van der Waals surface area contributed by atoms with Crippen LogP contribution in [0.15, 0.2) is 53.7 Å². The van der Waals surface area contributed by atoms with Gasteiger partial charge in [-0.1, -0.05) is 37.3 Å². The molecular weight excluding hydrogens is 411 g/mol. The summed E-state index contributed by atoms with van der Waals surface area (Å²) in [5, 5.41) is 3.39. The van der Waals surface area contributed by atoms with Crippen molar-refractivity contribution in [2.75, 3.05) is 20.1 Å². The zero-order chi connectivity index (χ0) is 16.7. The van der Waals surface area contributed by atoms with E-state index in [4.69, 9.17) is 4.99 Å². The van der Waals surface area contributed by atoms with Crippen molar-refractivity contribution in [1.82, 2.24) is 14.8 Å². The van der Waals surface area contributed by atoms with Crippen LogP contribution < -0.4 is 5.32 Å². The molecule has 0 amide bonds. The molecule has 0 radical (unpaired) electrons. The zero-order valence-electron chi connectivity index (χ0n) is 15.1. The van der Waals surface area contributed by atoms with Crippen LogP contribution in [0.1, 0.15) is 31.0 Å². The van der Waals surface area contributed by atoms with E-state index in [9.17, 15) is 0 Å². The van der Waals surface area contributed by atoms with Crippen LogP contribution >= 0.6 is 24.0 Å². The minimum absolute atomic E-state index is 0. The smallest absolute Gasteiger partial charge is 0.194 e. The van der Waals surface area contributed by atoms with Crippen LogP contribution in [0.5, 0.6) is 0 Å². The monoisotopic (exact) mass is 440 g/mol. The Morgan fingerprint density at radius 1 is 1.21 bits per heavy atom. The Bertz CT molecular complexity index is 621. The van der Waals surface area contributed by atoms with Gasteiger partial charge in [0.2, 0.25) is 0 Å². The third kappa shape index (κ3) is 5.85. The summed E-state index contributed by atoms with van der Waals surface area (Å²) in [4.78, 5) is 7.00. The van der Waals surface area contributed by atoms with E-state index in [0.29, 0.717) is 5.92 Å². The summed E-state index contributed by atoms with van der Waals surface area (Å²) in [6.45, 7) is 6.82. The number of hydrogen-bond donors (Lipinski definition) is 1. The molecule has 1 aromatic carbocycles. The van der Waals surface area contributed by atoms with Gasteiger partial charge in [-0.3, -0.25) is 4.99 Å². The molecule has 1 unspecified atom stereocenters. The van der Waals surface area contributed by atoms with Crippen molar-refractivity contribution in [3.05, 3.63) is 59.9 Å². The summed E-state index contributed by atoms with van der Waals surface area (Å²) in [6.07, 6.45) is 2.07. The fourth-order valence-electron chi connectivity index (χ4n) is 2.56. The first kappa shape index (κ1) is 20.5. The minimum Gasteiger partial charge on any atom is -0.357 e. The molecular formula is C19H29IN4. The summed E-state index contributed by atoms with van der Waals surface area (Å²) >= 11 is 0. The van der Waals surface area contributed by atoms with Crippen molar-refractivity contribution in [3.8, 4) is 0 Å². The molecule has 1 aromatic heterocycles. The molecule has 0 fully saturated rings. The van der Waals surface area contributed by atoms with E-state index in [-0.39, 0.29) is 24.0 Å². The van der Waals surface area contributed by atoms with Gasteiger partial charge in [-0.15, -0.1) is 24.0 Å². The lowest BCUT2D eigenvalue weighted by Gasteiger charge is -2.23. The highest BCUT2D eigenvalue weighted by Gasteiger charge is 2.10. The van der Waals surface area contributed by atoms with Gasteiger partial charge in [0.25, 0.3) is 0 Å². The molecule has 1 N–H and O–H groups in total. The Balaban J connectivity index is 0.00000288. The highest BCUT2D eigenvalue weighted by molar-refractivity contribution is 14.0. The summed E-state index contributed by atoms with van der Waals surface area (Å²) < 4.78 is 2.15. The van der Waals surface area contributed by atoms with Crippen LogP contribution in [0.25, 0.3) is 0 Å². The van der Waals surface area contributed by atoms with Gasteiger partial charge in [-0.05, 0) is 24.6 Å². The molecule has 0 saturated heterocycles. The maximum atomic E-state index is 4.82. The number of nitrogens with zero attached hydrogens (tertiary/aromatic N) is 3. The topological polar surface area (TPSA) is 32.6 Å². The summed E-state index contributed by atoms with van der Waals surface area (Å²) in [5.41, 5.74) is 2.60. The molecule has 2 rings (SSSR count). The summed E-state index contributed by atoms with van der Waals surface area (Å²) in [5.74, 6) is 1.37. The Kier molecular flexibility index (Phi) is 8.89. The first-order valence-corrected chi connectivity index (χ1v) is 8.26. The van der Waals surface area contributed by atoms with Gasteiger partial charge >= 0.3 is 0 Å². The quantitative estimate of drug-likeness (QED) is 0.421. The maximum absolute atomic E-state index is 4.82. The molecule has 0 aliphatic rings. The molecule has 0 aliphatic heterocycles. The predicted octanol–water partition coefficient (Wildman–Crippen LogP) is 3.84. The number of aromatic nitrogens is 1. The van der Waals surface area contributed by atoms with Crippen LogP contribution in [0, 0.1) is 0 Å². The second kappa shape index (κ2) is 10.4. The average molecular weight is 440 g/mol. The number of halogens is 1. The molecule has 2 aromatic rings. The van der Waals surface area contributed by atoms with E-state index in [1.807, 2.05) is 0 Å². The minimum atomic E-state index is 0. The third-order valence-corrected chi connectivity index (χ3v) is 4.03. The van der Waals surface area contributed by atoms with Crippen LogP contribution in [-0.4, -0.2) is 35.6 Å². The summed E-state index contributed by atoms with van der Waals surface area (Å²) in [7, 11) is 4.16. The van der Waals surface area contributed by atoms with Gasteiger partial charge in [0.15, 0.2) is 5.96 Å². The van der Waals surface area contributed by atoms with Gasteiger partial charge < -0.3 is 14.8 Å². The van der Waals surface area contributed by atoms with E-state index in [1.54, 1.807) is 0 Å². The lowest BCUT2D eigenvalue weighted by molar-refractivity contribution is 0.461. The van der Waals surface area contributed by atoms with Crippen molar-refractivity contribution in [3.63, 3.8) is 0 Å². The van der Waals surface area contributed by atoms with Gasteiger partial charge in [-0.25, -0.2) is 0 Å². The van der Waals surface area contributed by atoms with Crippen LogP contribution in [-0.2, 0) is 13.6 Å². The van der Waals surface area contributed by atoms with Crippen LogP contribution in [0.3, 0.4) is 0 Å². The Hall–Kier alpha value is -1.50. The SMILES string of the molecule is CCNC(=NCC(C)c1ccccc1)N(C)Cc1cccn1C.I. The standard InChI is InChI=1S/C19H28N4.HI/c1-5-20-19(23(4)15-18-12-9-13-22(18)3)21-14-16(2)17-10-7-6-8-11-17;/h6-13,16H,5,14-15H2,1-4H3,(H,20,21);1H. The summed E-state index contributed by atoms with van der Waals surface area (Å²) in [6, 6.07) is 14.8. The van der Waals surface area contributed by atoms with Crippen LogP contribution in [0.2, 0.25) is 0 Å².